The monoisotopic (exact) mass is 345 g/mol. The molecule has 0 unspecified atom stereocenters. The first-order valence-electron chi connectivity index (χ1n) is 9.99. The molecule has 4 rings (SSSR count). The number of carbonyl (C=O) groups excluding carboxylic acids is 1. The van der Waals surface area contributed by atoms with E-state index in [0.29, 0.717) is 18.5 Å². The van der Waals surface area contributed by atoms with Gasteiger partial charge in [0.05, 0.1) is 6.54 Å². The van der Waals surface area contributed by atoms with Crippen LogP contribution in [0.2, 0.25) is 0 Å². The minimum atomic E-state index is 0.156. The van der Waals surface area contributed by atoms with Crippen molar-refractivity contribution in [2.45, 2.75) is 70.4 Å². The van der Waals surface area contributed by atoms with Crippen molar-refractivity contribution < 1.29 is 4.79 Å². The molecule has 1 amide bonds. The third-order valence-corrected chi connectivity index (χ3v) is 6.34. The van der Waals surface area contributed by atoms with Gasteiger partial charge in [0.2, 0.25) is 5.91 Å². The number of amides is 1. The summed E-state index contributed by atoms with van der Waals surface area (Å²) in [4.78, 5) is 16.9. The molecule has 1 atom stereocenters. The second-order valence-electron chi connectivity index (χ2n) is 8.31. The molecule has 138 valence electrons. The second kappa shape index (κ2) is 7.06. The van der Waals surface area contributed by atoms with E-state index in [1.54, 1.807) is 6.92 Å². The van der Waals surface area contributed by atoms with E-state index in [1.807, 2.05) is 11.9 Å². The summed E-state index contributed by atoms with van der Waals surface area (Å²) in [5.74, 6) is 3.64. The average molecular weight is 345 g/mol. The highest BCUT2D eigenvalue weighted by atomic mass is 16.2. The minimum absolute atomic E-state index is 0.156. The largest absolute Gasteiger partial charge is 0.331 e. The highest BCUT2D eigenvalue weighted by molar-refractivity contribution is 5.73. The quantitative estimate of drug-likeness (QED) is 0.794. The summed E-state index contributed by atoms with van der Waals surface area (Å²) in [6, 6.07) is 0.319. The maximum atomic E-state index is 12.3. The van der Waals surface area contributed by atoms with Gasteiger partial charge in [-0.3, -0.25) is 4.79 Å². The molecule has 1 aliphatic heterocycles. The van der Waals surface area contributed by atoms with Crippen LogP contribution >= 0.6 is 0 Å². The maximum Gasteiger partial charge on any atom is 0.220 e. The molecule has 0 radical (unpaired) electrons. The lowest BCUT2D eigenvalue weighted by Crippen LogP contribution is -2.41. The number of rotatable bonds is 6. The number of hydrogen-bond donors (Lipinski definition) is 0. The number of nitrogens with zero attached hydrogens (tertiary/aromatic N) is 5. The topological polar surface area (TPSA) is 54.3 Å². The first kappa shape index (κ1) is 17.0. The van der Waals surface area contributed by atoms with Crippen LogP contribution in [0.25, 0.3) is 0 Å². The van der Waals surface area contributed by atoms with Gasteiger partial charge in [0, 0.05) is 45.6 Å². The molecule has 0 N–H and O–H groups in total. The Kier molecular flexibility index (Phi) is 4.80. The Labute approximate surface area is 150 Å². The predicted octanol–water partition coefficient (Wildman–Crippen LogP) is 2.31. The highest BCUT2D eigenvalue weighted by Crippen LogP contribution is 2.38. The van der Waals surface area contributed by atoms with Gasteiger partial charge in [0.25, 0.3) is 0 Å². The van der Waals surface area contributed by atoms with Crippen molar-refractivity contribution in [2.24, 2.45) is 13.0 Å². The van der Waals surface area contributed by atoms with Crippen LogP contribution in [-0.2, 0) is 18.4 Å². The van der Waals surface area contributed by atoms with E-state index in [1.165, 1.54) is 45.1 Å². The lowest BCUT2D eigenvalue weighted by Gasteiger charge is -2.28. The first-order valence-corrected chi connectivity index (χ1v) is 9.99. The molecule has 0 spiro atoms. The summed E-state index contributed by atoms with van der Waals surface area (Å²) < 4.78 is 2.11. The summed E-state index contributed by atoms with van der Waals surface area (Å²) in [5.41, 5.74) is 0. The fourth-order valence-corrected chi connectivity index (χ4v) is 4.65. The van der Waals surface area contributed by atoms with Crippen LogP contribution in [0.1, 0.15) is 69.4 Å². The van der Waals surface area contributed by atoms with Crippen LogP contribution in [0.5, 0.6) is 0 Å². The fourth-order valence-electron chi connectivity index (χ4n) is 4.65. The third-order valence-electron chi connectivity index (χ3n) is 6.34. The smallest absolute Gasteiger partial charge is 0.220 e. The molecular formula is C19H31N5O. The molecule has 0 bridgehead atoms. The molecule has 3 fully saturated rings. The Bertz CT molecular complexity index is 617. The first-order chi connectivity index (χ1) is 12.1. The van der Waals surface area contributed by atoms with E-state index in [-0.39, 0.29) is 5.91 Å². The van der Waals surface area contributed by atoms with Gasteiger partial charge in [-0.15, -0.1) is 10.2 Å². The van der Waals surface area contributed by atoms with Gasteiger partial charge in [-0.1, -0.05) is 12.8 Å². The summed E-state index contributed by atoms with van der Waals surface area (Å²) >= 11 is 0. The standard InChI is InChI=1S/C19H31N5O/c1-14(25)24(13-18-20-21-19(22(18)2)16-7-8-16)17-9-10-23(12-17)11-15-5-3-4-6-15/h15-17H,3-13H2,1-2H3/t17-/m1/s1. The lowest BCUT2D eigenvalue weighted by atomic mass is 10.1. The molecule has 2 heterocycles. The van der Waals surface area contributed by atoms with E-state index in [4.69, 9.17) is 0 Å². The van der Waals surface area contributed by atoms with Crippen LogP contribution < -0.4 is 0 Å². The molecule has 2 saturated carbocycles. The molecule has 0 aromatic carbocycles. The van der Waals surface area contributed by atoms with Gasteiger partial charge in [-0.25, -0.2) is 0 Å². The number of carbonyl (C=O) groups is 1. The number of hydrogen-bond acceptors (Lipinski definition) is 4. The van der Waals surface area contributed by atoms with Crippen LogP contribution in [0.4, 0.5) is 0 Å². The zero-order valence-corrected chi connectivity index (χ0v) is 15.7. The van der Waals surface area contributed by atoms with Crippen LogP contribution in [0, 0.1) is 5.92 Å². The molecule has 1 aromatic heterocycles. The predicted molar refractivity (Wildman–Crippen MR) is 96.0 cm³/mol. The van der Waals surface area contributed by atoms with E-state index >= 15 is 0 Å². The minimum Gasteiger partial charge on any atom is -0.331 e. The summed E-state index contributed by atoms with van der Waals surface area (Å²) in [7, 11) is 2.04. The van der Waals surface area contributed by atoms with Crippen molar-refractivity contribution in [1.82, 2.24) is 24.6 Å². The van der Waals surface area contributed by atoms with E-state index in [2.05, 4.69) is 19.7 Å². The Morgan fingerprint density at radius 3 is 2.60 bits per heavy atom. The Morgan fingerprint density at radius 1 is 1.16 bits per heavy atom. The normalized spacial score (nSPS) is 25.0. The van der Waals surface area contributed by atoms with Gasteiger partial charge in [0.15, 0.2) is 5.82 Å². The lowest BCUT2D eigenvalue weighted by molar-refractivity contribution is -0.131. The zero-order chi connectivity index (χ0) is 17.4. The summed E-state index contributed by atoms with van der Waals surface area (Å²) in [6.45, 7) is 5.64. The van der Waals surface area contributed by atoms with Crippen molar-refractivity contribution in [3.63, 3.8) is 0 Å². The maximum absolute atomic E-state index is 12.3. The van der Waals surface area contributed by atoms with Crippen LogP contribution in [-0.4, -0.2) is 56.1 Å². The van der Waals surface area contributed by atoms with E-state index in [9.17, 15) is 4.79 Å². The fraction of sp³-hybridized carbons (Fsp3) is 0.842. The van der Waals surface area contributed by atoms with Crippen molar-refractivity contribution in [3.05, 3.63) is 11.6 Å². The third kappa shape index (κ3) is 3.73. The summed E-state index contributed by atoms with van der Waals surface area (Å²) in [6.07, 6.45) is 9.11. The Hall–Kier alpha value is -1.43. The Balaban J connectivity index is 1.38. The highest BCUT2D eigenvalue weighted by Gasteiger charge is 2.33. The van der Waals surface area contributed by atoms with Gasteiger partial charge in [0.1, 0.15) is 5.82 Å². The van der Waals surface area contributed by atoms with Crippen molar-refractivity contribution in [3.8, 4) is 0 Å². The zero-order valence-electron chi connectivity index (χ0n) is 15.7. The summed E-state index contributed by atoms with van der Waals surface area (Å²) in [5, 5.41) is 8.74. The average Bonchev–Trinajstić information content (AvgIpc) is 2.97. The molecule has 1 aromatic rings. The van der Waals surface area contributed by atoms with Gasteiger partial charge in [-0.05, 0) is 38.0 Å². The van der Waals surface area contributed by atoms with Crippen LogP contribution in [0.3, 0.4) is 0 Å². The van der Waals surface area contributed by atoms with Crippen LogP contribution in [0.15, 0.2) is 0 Å². The molecule has 1 saturated heterocycles. The molecule has 2 aliphatic carbocycles. The molecule has 25 heavy (non-hydrogen) atoms. The van der Waals surface area contributed by atoms with E-state index < -0.39 is 0 Å². The van der Waals surface area contributed by atoms with Crippen molar-refractivity contribution in [1.29, 1.82) is 0 Å². The molecule has 6 heteroatoms. The van der Waals surface area contributed by atoms with Crippen molar-refractivity contribution >= 4 is 5.91 Å². The SMILES string of the molecule is CC(=O)N(Cc1nnc(C2CC2)n1C)[C@@H]1CCN(CC2CCCC2)C1. The molecule has 6 nitrogen and oxygen atoms in total. The molecular weight excluding hydrogens is 314 g/mol. The van der Waals surface area contributed by atoms with Gasteiger partial charge in [-0.2, -0.15) is 0 Å². The number of likely N-dealkylation sites (tertiary alicyclic amines) is 1. The molecule has 3 aliphatic rings. The van der Waals surface area contributed by atoms with Gasteiger partial charge >= 0.3 is 0 Å². The number of aromatic nitrogens is 3. The second-order valence-corrected chi connectivity index (χ2v) is 8.31. The van der Waals surface area contributed by atoms with Gasteiger partial charge < -0.3 is 14.4 Å². The van der Waals surface area contributed by atoms with E-state index in [0.717, 1.165) is 37.1 Å². The van der Waals surface area contributed by atoms with Crippen molar-refractivity contribution in [2.75, 3.05) is 19.6 Å². The Morgan fingerprint density at radius 2 is 1.92 bits per heavy atom.